The number of rotatable bonds is 1. The Morgan fingerprint density at radius 3 is 1.86 bits per heavy atom. The predicted octanol–water partition coefficient (Wildman–Crippen LogP) is 5.36. The molecule has 0 atom stereocenters. The van der Waals surface area contributed by atoms with Crippen molar-refractivity contribution < 1.29 is 5.11 Å². The van der Waals surface area contributed by atoms with Gasteiger partial charge in [-0.25, -0.2) is 0 Å². The molecule has 1 aliphatic rings. The van der Waals surface area contributed by atoms with Crippen molar-refractivity contribution in [1.82, 2.24) is 0 Å². The maximum atomic E-state index is 8.82. The van der Waals surface area contributed by atoms with Crippen LogP contribution in [0.2, 0.25) is 0 Å². The molecule has 0 unspecified atom stereocenters. The summed E-state index contributed by atoms with van der Waals surface area (Å²) >= 11 is 0. The Morgan fingerprint density at radius 2 is 1.33 bits per heavy atom. The van der Waals surface area contributed by atoms with Crippen molar-refractivity contribution in [2.45, 2.75) is 0 Å². The van der Waals surface area contributed by atoms with Crippen molar-refractivity contribution in [2.24, 2.45) is 0 Å². The molecule has 0 bridgehead atoms. The molecule has 0 heterocycles. The Morgan fingerprint density at radius 1 is 0.762 bits per heavy atom. The van der Waals surface area contributed by atoms with Gasteiger partial charge in [0.2, 0.25) is 0 Å². The normalized spacial score (nSPS) is 11.0. The van der Waals surface area contributed by atoms with E-state index in [9.17, 15) is 0 Å². The van der Waals surface area contributed by atoms with Crippen LogP contribution in [-0.4, -0.2) is 5.11 Å². The van der Waals surface area contributed by atoms with Crippen molar-refractivity contribution in [3.63, 3.8) is 0 Å². The van der Waals surface area contributed by atoms with E-state index in [-0.39, 0.29) is 0 Å². The number of hydrogen-bond acceptors (Lipinski definition) is 1. The average molecular weight is 272 g/mol. The highest BCUT2D eigenvalue weighted by molar-refractivity contribution is 6.04. The molecule has 0 spiro atoms. The fourth-order valence-electron chi connectivity index (χ4n) is 2.47. The Bertz CT molecular complexity index is 770. The van der Waals surface area contributed by atoms with E-state index < -0.39 is 0 Å². The van der Waals surface area contributed by atoms with Crippen molar-refractivity contribution in [3.8, 4) is 5.75 Å². The van der Waals surface area contributed by atoms with Gasteiger partial charge in [0, 0.05) is 0 Å². The van der Waals surface area contributed by atoms with Crippen LogP contribution in [0.1, 0.15) is 16.7 Å². The zero-order chi connectivity index (χ0) is 14.7. The first-order valence-electron chi connectivity index (χ1n) is 6.89. The fraction of sp³-hybridized carbons (Fsp3) is 0. The molecular formula is C20H16O. The van der Waals surface area contributed by atoms with E-state index in [1.54, 1.807) is 18.2 Å². The zero-order valence-corrected chi connectivity index (χ0v) is 11.7. The van der Waals surface area contributed by atoms with Crippen LogP contribution in [0.4, 0.5) is 0 Å². The highest BCUT2D eigenvalue weighted by Gasteiger charge is 2.06. The second-order valence-corrected chi connectivity index (χ2v) is 4.92. The van der Waals surface area contributed by atoms with Crippen molar-refractivity contribution in [1.29, 1.82) is 0 Å². The van der Waals surface area contributed by atoms with Crippen LogP contribution in [0.3, 0.4) is 0 Å². The number of phenols is 1. The summed E-state index contributed by atoms with van der Waals surface area (Å²) < 4.78 is 0. The van der Waals surface area contributed by atoms with Gasteiger partial charge in [-0.3, -0.25) is 0 Å². The molecular weight excluding hydrogens is 256 g/mol. The van der Waals surface area contributed by atoms with Gasteiger partial charge in [0.15, 0.2) is 0 Å². The van der Waals surface area contributed by atoms with Crippen LogP contribution in [-0.2, 0) is 0 Å². The molecule has 102 valence electrons. The lowest BCUT2D eigenvalue weighted by atomic mass is 10.0. The Kier molecular flexibility index (Phi) is 3.57. The zero-order valence-electron chi connectivity index (χ0n) is 11.7. The first-order chi connectivity index (χ1) is 10.3. The highest BCUT2D eigenvalue weighted by Crippen LogP contribution is 2.30. The highest BCUT2D eigenvalue weighted by atomic mass is 16.3. The third-order valence-electron chi connectivity index (χ3n) is 3.54. The molecule has 1 N–H and O–H groups in total. The summed E-state index contributed by atoms with van der Waals surface area (Å²) in [4.78, 5) is 0. The fourth-order valence-corrected chi connectivity index (χ4v) is 2.47. The average Bonchev–Trinajstić information content (AvgIpc) is 2.95. The van der Waals surface area contributed by atoms with Gasteiger partial charge in [-0.1, -0.05) is 73.3 Å². The molecule has 21 heavy (non-hydrogen) atoms. The van der Waals surface area contributed by atoms with Gasteiger partial charge in [0.1, 0.15) is 5.75 Å². The van der Waals surface area contributed by atoms with Gasteiger partial charge in [-0.05, 0) is 39.6 Å². The predicted molar refractivity (Wildman–Crippen MR) is 91.1 cm³/mol. The van der Waals surface area contributed by atoms with E-state index in [0.29, 0.717) is 5.75 Å². The lowest BCUT2D eigenvalue weighted by molar-refractivity contribution is 0.475. The molecule has 1 aliphatic carbocycles. The molecule has 0 amide bonds. The standard InChI is InChI=1S/C12H8.C8H8O/c1-3-9-4-2-6-11-8-7-10(5-1)12(9)11;1-2-7-3-5-8(9)6-4-7/h1-8H;2-6,9H,1H2. The lowest BCUT2D eigenvalue weighted by Crippen LogP contribution is -1.76. The van der Waals surface area contributed by atoms with Crippen LogP contribution in [0.25, 0.3) is 29.0 Å². The Balaban J connectivity index is 0.000000133. The summed E-state index contributed by atoms with van der Waals surface area (Å²) in [6.45, 7) is 3.58. The summed E-state index contributed by atoms with van der Waals surface area (Å²) in [7, 11) is 0. The minimum Gasteiger partial charge on any atom is -0.508 e. The molecule has 1 heteroatoms. The first kappa shape index (κ1) is 13.2. The van der Waals surface area contributed by atoms with Gasteiger partial charge >= 0.3 is 0 Å². The molecule has 1 nitrogen and oxygen atoms in total. The van der Waals surface area contributed by atoms with Crippen LogP contribution in [0, 0.1) is 0 Å². The van der Waals surface area contributed by atoms with Crippen LogP contribution in [0.15, 0.2) is 67.2 Å². The Hall–Kier alpha value is -2.80. The number of aromatic hydroxyl groups is 1. The topological polar surface area (TPSA) is 20.2 Å². The monoisotopic (exact) mass is 272 g/mol. The SMILES string of the molecule is C1=Cc2cccc3cccc1c23.C=Cc1ccc(O)cc1. The third-order valence-corrected chi connectivity index (χ3v) is 3.54. The molecule has 3 aromatic carbocycles. The molecule has 3 aromatic rings. The molecule has 0 saturated carbocycles. The molecule has 0 aromatic heterocycles. The number of benzene rings is 3. The quantitative estimate of drug-likeness (QED) is 0.494. The molecule has 0 saturated heterocycles. The van der Waals surface area contributed by atoms with Crippen molar-refractivity contribution in [3.05, 3.63) is 83.9 Å². The minimum absolute atomic E-state index is 0.292. The smallest absolute Gasteiger partial charge is 0.115 e. The maximum Gasteiger partial charge on any atom is 0.115 e. The van der Waals surface area contributed by atoms with Gasteiger partial charge in [-0.2, -0.15) is 0 Å². The first-order valence-corrected chi connectivity index (χ1v) is 6.89. The second-order valence-electron chi connectivity index (χ2n) is 4.92. The van der Waals surface area contributed by atoms with E-state index in [0.717, 1.165) is 5.56 Å². The molecule has 0 fully saturated rings. The van der Waals surface area contributed by atoms with E-state index in [1.165, 1.54) is 21.9 Å². The molecule has 4 rings (SSSR count). The van der Waals surface area contributed by atoms with Gasteiger partial charge in [-0.15, -0.1) is 0 Å². The van der Waals surface area contributed by atoms with E-state index in [1.807, 2.05) is 12.1 Å². The molecule has 0 aliphatic heterocycles. The minimum atomic E-state index is 0.292. The maximum absolute atomic E-state index is 8.82. The number of hydrogen-bond donors (Lipinski definition) is 1. The lowest BCUT2D eigenvalue weighted by Gasteiger charge is -1.99. The van der Waals surface area contributed by atoms with Gasteiger partial charge in [0.25, 0.3) is 0 Å². The summed E-state index contributed by atoms with van der Waals surface area (Å²) in [5, 5.41) is 11.6. The largest absolute Gasteiger partial charge is 0.508 e. The number of phenolic OH excluding ortho intramolecular Hbond substituents is 1. The Labute approximate surface area is 124 Å². The van der Waals surface area contributed by atoms with Gasteiger partial charge < -0.3 is 5.11 Å². The van der Waals surface area contributed by atoms with Crippen LogP contribution < -0.4 is 0 Å². The summed E-state index contributed by atoms with van der Waals surface area (Å²) in [5.41, 5.74) is 3.72. The van der Waals surface area contributed by atoms with Crippen molar-refractivity contribution >= 4 is 29.0 Å². The van der Waals surface area contributed by atoms with E-state index in [2.05, 4.69) is 55.1 Å². The summed E-state index contributed by atoms with van der Waals surface area (Å²) in [6, 6.07) is 19.8. The van der Waals surface area contributed by atoms with Crippen LogP contribution in [0.5, 0.6) is 5.75 Å². The third kappa shape index (κ3) is 2.72. The summed E-state index contributed by atoms with van der Waals surface area (Å²) in [6.07, 6.45) is 6.09. The van der Waals surface area contributed by atoms with E-state index >= 15 is 0 Å². The second kappa shape index (κ2) is 5.68. The molecule has 0 radical (unpaired) electrons. The van der Waals surface area contributed by atoms with Crippen LogP contribution >= 0.6 is 0 Å². The van der Waals surface area contributed by atoms with E-state index in [4.69, 9.17) is 5.11 Å². The summed E-state index contributed by atoms with van der Waals surface area (Å²) in [5.74, 6) is 0.292. The van der Waals surface area contributed by atoms with Crippen molar-refractivity contribution in [2.75, 3.05) is 0 Å². The van der Waals surface area contributed by atoms with Gasteiger partial charge in [0.05, 0.1) is 0 Å².